The molecule has 1 aliphatic carbocycles. The van der Waals surface area contributed by atoms with E-state index in [4.69, 9.17) is 0 Å². The number of carbonyl (C=O) groups excluding carboxylic acids is 1. The third-order valence-corrected chi connectivity index (χ3v) is 3.97. The van der Waals surface area contributed by atoms with Crippen LogP contribution < -0.4 is 5.32 Å². The fourth-order valence-corrected chi connectivity index (χ4v) is 2.72. The number of pyridine rings is 1. The second-order valence-corrected chi connectivity index (χ2v) is 5.63. The first kappa shape index (κ1) is 14.6. The van der Waals surface area contributed by atoms with E-state index in [9.17, 15) is 9.90 Å². The number of nitrogens with one attached hydrogen (secondary N) is 1. The first-order valence-corrected chi connectivity index (χ1v) is 7.28. The molecule has 116 valence electrons. The molecule has 0 aromatic carbocycles. The monoisotopic (exact) mass is 302 g/mol. The van der Waals surface area contributed by atoms with E-state index in [0.717, 1.165) is 24.8 Å². The van der Waals surface area contributed by atoms with Crippen molar-refractivity contribution in [3.05, 3.63) is 36.4 Å². The van der Waals surface area contributed by atoms with E-state index >= 15 is 0 Å². The largest absolute Gasteiger partial charge is 0.393 e. The van der Waals surface area contributed by atoms with Gasteiger partial charge in [-0.1, -0.05) is 0 Å². The van der Waals surface area contributed by atoms with Crippen molar-refractivity contribution in [2.75, 3.05) is 0 Å². The maximum absolute atomic E-state index is 12.1. The lowest BCUT2D eigenvalue weighted by Crippen LogP contribution is -2.49. The van der Waals surface area contributed by atoms with Gasteiger partial charge in [-0.15, -0.1) is 5.10 Å². The fraction of sp³-hybridized carbons (Fsp3) is 0.500. The summed E-state index contributed by atoms with van der Waals surface area (Å²) in [5, 5.41) is 23.3. The Morgan fingerprint density at radius 2 is 2.18 bits per heavy atom. The highest BCUT2D eigenvalue weighted by molar-refractivity contribution is 5.76. The van der Waals surface area contributed by atoms with Gasteiger partial charge in [0.15, 0.2) is 0 Å². The summed E-state index contributed by atoms with van der Waals surface area (Å²) in [6.07, 6.45) is 6.81. The van der Waals surface area contributed by atoms with Gasteiger partial charge in [-0.05, 0) is 53.3 Å². The first-order chi connectivity index (χ1) is 10.7. The average molecular weight is 302 g/mol. The zero-order chi connectivity index (χ0) is 15.4. The van der Waals surface area contributed by atoms with Crippen LogP contribution in [0.2, 0.25) is 0 Å². The summed E-state index contributed by atoms with van der Waals surface area (Å²) in [5.74, 6) is 0.161. The van der Waals surface area contributed by atoms with E-state index in [1.165, 1.54) is 11.0 Å². The van der Waals surface area contributed by atoms with Crippen LogP contribution in [0.5, 0.6) is 0 Å². The standard InChI is InChI=1S/C14H18N6O2/c21-12-6-11(7-12)13(5-10-1-3-15-4-2-10)17-14(22)8-20-9-16-18-19-20/h1-4,9,11-13,21H,5-8H2,(H,17,22)/t11?,12?,13-/m1/s1. The van der Waals surface area contributed by atoms with Crippen molar-refractivity contribution >= 4 is 5.91 Å². The highest BCUT2D eigenvalue weighted by atomic mass is 16.3. The molecule has 1 fully saturated rings. The number of hydrogen-bond acceptors (Lipinski definition) is 6. The van der Waals surface area contributed by atoms with E-state index in [1.807, 2.05) is 12.1 Å². The van der Waals surface area contributed by atoms with Gasteiger partial charge in [0.05, 0.1) is 6.10 Å². The van der Waals surface area contributed by atoms with Crippen molar-refractivity contribution in [2.45, 2.75) is 38.0 Å². The van der Waals surface area contributed by atoms with E-state index < -0.39 is 0 Å². The number of tetrazole rings is 1. The summed E-state index contributed by atoms with van der Waals surface area (Å²) >= 11 is 0. The van der Waals surface area contributed by atoms with Crippen LogP contribution in [0.25, 0.3) is 0 Å². The summed E-state index contributed by atoms with van der Waals surface area (Å²) in [6.45, 7) is 0.0924. The van der Waals surface area contributed by atoms with Crippen LogP contribution in [-0.4, -0.2) is 48.4 Å². The Balaban J connectivity index is 1.62. The number of rotatable bonds is 6. The normalized spacial score (nSPS) is 21.9. The number of aliphatic hydroxyl groups excluding tert-OH is 1. The molecule has 3 rings (SSSR count). The highest BCUT2D eigenvalue weighted by Crippen LogP contribution is 2.31. The topological polar surface area (TPSA) is 106 Å². The number of carbonyl (C=O) groups is 1. The molecule has 1 amide bonds. The van der Waals surface area contributed by atoms with E-state index in [1.54, 1.807) is 12.4 Å². The zero-order valence-electron chi connectivity index (χ0n) is 12.0. The molecular weight excluding hydrogens is 284 g/mol. The van der Waals surface area contributed by atoms with Gasteiger partial charge in [0, 0.05) is 18.4 Å². The van der Waals surface area contributed by atoms with Crippen LogP contribution in [0.15, 0.2) is 30.9 Å². The molecule has 0 saturated heterocycles. The second-order valence-electron chi connectivity index (χ2n) is 5.63. The van der Waals surface area contributed by atoms with Crippen molar-refractivity contribution in [1.29, 1.82) is 0 Å². The lowest BCUT2D eigenvalue weighted by molar-refractivity contribution is -0.123. The summed E-state index contributed by atoms with van der Waals surface area (Å²) in [6, 6.07) is 3.88. The highest BCUT2D eigenvalue weighted by Gasteiger charge is 2.34. The number of aliphatic hydroxyl groups is 1. The fourth-order valence-electron chi connectivity index (χ4n) is 2.72. The molecule has 2 N–H and O–H groups in total. The van der Waals surface area contributed by atoms with E-state index in [0.29, 0.717) is 5.92 Å². The third kappa shape index (κ3) is 3.64. The molecule has 1 saturated carbocycles. The minimum atomic E-state index is -0.249. The van der Waals surface area contributed by atoms with E-state index in [2.05, 4.69) is 25.8 Å². The van der Waals surface area contributed by atoms with Gasteiger partial charge >= 0.3 is 0 Å². The molecule has 8 nitrogen and oxygen atoms in total. The van der Waals surface area contributed by atoms with Gasteiger partial charge in [-0.2, -0.15) is 0 Å². The van der Waals surface area contributed by atoms with Crippen molar-refractivity contribution in [1.82, 2.24) is 30.5 Å². The number of hydrogen-bond donors (Lipinski definition) is 2. The Kier molecular flexibility index (Phi) is 4.38. The Morgan fingerprint density at radius 1 is 1.41 bits per heavy atom. The number of amides is 1. The van der Waals surface area contributed by atoms with Crippen molar-refractivity contribution in [3.8, 4) is 0 Å². The van der Waals surface area contributed by atoms with Crippen LogP contribution in [-0.2, 0) is 17.8 Å². The van der Waals surface area contributed by atoms with Crippen LogP contribution in [0, 0.1) is 5.92 Å². The molecule has 22 heavy (non-hydrogen) atoms. The summed E-state index contributed by atoms with van der Waals surface area (Å²) in [5.41, 5.74) is 1.11. The smallest absolute Gasteiger partial charge is 0.242 e. The van der Waals surface area contributed by atoms with E-state index in [-0.39, 0.29) is 24.6 Å². The molecule has 2 heterocycles. The quantitative estimate of drug-likeness (QED) is 0.750. The molecular formula is C14H18N6O2. The van der Waals surface area contributed by atoms with Crippen molar-refractivity contribution in [2.24, 2.45) is 5.92 Å². The van der Waals surface area contributed by atoms with Crippen LogP contribution >= 0.6 is 0 Å². The van der Waals surface area contributed by atoms with Crippen LogP contribution in [0.3, 0.4) is 0 Å². The molecule has 0 radical (unpaired) electrons. The van der Waals surface area contributed by atoms with Crippen LogP contribution in [0.1, 0.15) is 18.4 Å². The summed E-state index contributed by atoms with van der Waals surface area (Å²) in [7, 11) is 0. The van der Waals surface area contributed by atoms with Gasteiger partial charge in [0.2, 0.25) is 5.91 Å². The third-order valence-electron chi connectivity index (χ3n) is 3.97. The van der Waals surface area contributed by atoms with Gasteiger partial charge in [-0.25, -0.2) is 4.68 Å². The lowest BCUT2D eigenvalue weighted by atomic mass is 9.75. The van der Waals surface area contributed by atoms with Gasteiger partial charge in [-0.3, -0.25) is 9.78 Å². The minimum Gasteiger partial charge on any atom is -0.393 e. The Bertz CT molecular complexity index is 597. The van der Waals surface area contributed by atoms with Crippen molar-refractivity contribution in [3.63, 3.8) is 0 Å². The lowest BCUT2D eigenvalue weighted by Gasteiger charge is -2.38. The summed E-state index contributed by atoms with van der Waals surface area (Å²) in [4.78, 5) is 16.1. The minimum absolute atomic E-state index is 0.00483. The molecule has 0 bridgehead atoms. The van der Waals surface area contributed by atoms with Gasteiger partial charge in [0.25, 0.3) is 0 Å². The summed E-state index contributed by atoms with van der Waals surface area (Å²) < 4.78 is 1.38. The first-order valence-electron chi connectivity index (χ1n) is 7.28. The van der Waals surface area contributed by atoms with Crippen molar-refractivity contribution < 1.29 is 9.90 Å². The Hall–Kier alpha value is -2.35. The predicted molar refractivity (Wildman–Crippen MR) is 76.4 cm³/mol. The van der Waals surface area contributed by atoms with Gasteiger partial charge < -0.3 is 10.4 Å². The SMILES string of the molecule is O=C(Cn1cnnn1)N[C@H](Cc1ccncc1)C1CC(O)C1. The molecule has 0 unspecified atom stereocenters. The Morgan fingerprint density at radius 3 is 2.82 bits per heavy atom. The van der Waals surface area contributed by atoms with Crippen LogP contribution in [0.4, 0.5) is 0 Å². The molecule has 8 heteroatoms. The van der Waals surface area contributed by atoms with Gasteiger partial charge in [0.1, 0.15) is 12.9 Å². The molecule has 2 aromatic rings. The molecule has 1 atom stereocenters. The predicted octanol–water partition coefficient (Wildman–Crippen LogP) is -0.433. The molecule has 0 spiro atoms. The zero-order valence-corrected chi connectivity index (χ0v) is 12.0. The molecule has 2 aromatic heterocycles. The number of nitrogens with zero attached hydrogens (tertiary/aromatic N) is 5. The average Bonchev–Trinajstić information content (AvgIpc) is 2.97. The molecule has 0 aliphatic heterocycles. The Labute approximate surface area is 127 Å². The second kappa shape index (κ2) is 6.61. The number of aromatic nitrogens is 5. The maximum Gasteiger partial charge on any atom is 0.242 e. The molecule has 1 aliphatic rings. The maximum atomic E-state index is 12.1.